The SMILES string of the molecule is O=C(NCCn1c(C2CC2)n[nH]c1=S)[C@@H]1COc2ccc(F)cc2C1. The van der Waals surface area contributed by atoms with Crippen LogP contribution in [0.3, 0.4) is 0 Å². The van der Waals surface area contributed by atoms with Gasteiger partial charge in [-0.25, -0.2) is 4.39 Å². The number of rotatable bonds is 5. The average Bonchev–Trinajstić information content (AvgIpc) is 3.38. The molecule has 2 heterocycles. The summed E-state index contributed by atoms with van der Waals surface area (Å²) in [6.07, 6.45) is 2.76. The first-order chi connectivity index (χ1) is 12.1. The lowest BCUT2D eigenvalue weighted by Crippen LogP contribution is -2.38. The summed E-state index contributed by atoms with van der Waals surface area (Å²) in [5, 5.41) is 10.0. The minimum absolute atomic E-state index is 0.0853. The summed E-state index contributed by atoms with van der Waals surface area (Å²) in [5.41, 5.74) is 0.736. The summed E-state index contributed by atoms with van der Waals surface area (Å²) in [6.45, 7) is 1.37. The van der Waals surface area contributed by atoms with E-state index in [9.17, 15) is 9.18 Å². The topological polar surface area (TPSA) is 71.9 Å². The number of nitrogens with one attached hydrogen (secondary N) is 2. The molecule has 1 aromatic heterocycles. The second-order valence-electron chi connectivity index (χ2n) is 6.57. The molecule has 2 aliphatic rings. The zero-order valence-electron chi connectivity index (χ0n) is 13.6. The van der Waals surface area contributed by atoms with Crippen LogP contribution in [-0.2, 0) is 17.8 Å². The largest absolute Gasteiger partial charge is 0.492 e. The number of aromatic amines is 1. The molecule has 0 unspecified atom stereocenters. The van der Waals surface area contributed by atoms with Crippen molar-refractivity contribution in [2.45, 2.75) is 31.7 Å². The van der Waals surface area contributed by atoms with Gasteiger partial charge in [0.05, 0.1) is 5.92 Å². The van der Waals surface area contributed by atoms with Crippen molar-refractivity contribution in [3.8, 4) is 5.75 Å². The Kier molecular flexibility index (Phi) is 4.29. The second kappa shape index (κ2) is 6.59. The smallest absolute Gasteiger partial charge is 0.226 e. The first-order valence-corrected chi connectivity index (χ1v) is 8.86. The molecule has 1 aliphatic heterocycles. The van der Waals surface area contributed by atoms with Crippen LogP contribution in [0.25, 0.3) is 0 Å². The molecule has 0 bridgehead atoms. The maximum Gasteiger partial charge on any atom is 0.226 e. The zero-order chi connectivity index (χ0) is 17.4. The Morgan fingerprint density at radius 1 is 1.48 bits per heavy atom. The first kappa shape index (κ1) is 16.3. The molecular weight excluding hydrogens is 343 g/mol. The number of ether oxygens (including phenoxy) is 1. The second-order valence-corrected chi connectivity index (χ2v) is 6.95. The number of hydrogen-bond donors (Lipinski definition) is 2. The third kappa shape index (κ3) is 3.44. The number of nitrogens with zero attached hydrogens (tertiary/aromatic N) is 2. The van der Waals surface area contributed by atoms with Gasteiger partial charge in [-0.1, -0.05) is 0 Å². The van der Waals surface area contributed by atoms with Crippen LogP contribution >= 0.6 is 12.2 Å². The highest BCUT2D eigenvalue weighted by atomic mass is 32.1. The summed E-state index contributed by atoms with van der Waals surface area (Å²) < 4.78 is 21.5. The summed E-state index contributed by atoms with van der Waals surface area (Å²) in [7, 11) is 0. The summed E-state index contributed by atoms with van der Waals surface area (Å²) >= 11 is 5.26. The van der Waals surface area contributed by atoms with Gasteiger partial charge < -0.3 is 14.6 Å². The molecule has 1 saturated carbocycles. The number of hydrogen-bond acceptors (Lipinski definition) is 4. The summed E-state index contributed by atoms with van der Waals surface area (Å²) in [4.78, 5) is 12.4. The van der Waals surface area contributed by atoms with E-state index in [0.29, 0.717) is 42.6 Å². The molecule has 1 fully saturated rings. The van der Waals surface area contributed by atoms with Crippen LogP contribution in [0.1, 0.15) is 30.1 Å². The van der Waals surface area contributed by atoms with Crippen LogP contribution < -0.4 is 10.1 Å². The summed E-state index contributed by atoms with van der Waals surface area (Å²) in [6, 6.07) is 4.41. The van der Waals surface area contributed by atoms with Gasteiger partial charge in [-0.05, 0) is 55.2 Å². The Hall–Kier alpha value is -2.22. The predicted octanol–water partition coefficient (Wildman–Crippen LogP) is 2.32. The van der Waals surface area contributed by atoms with Gasteiger partial charge in [0.2, 0.25) is 5.91 Å². The van der Waals surface area contributed by atoms with Gasteiger partial charge in [-0.2, -0.15) is 5.10 Å². The number of carbonyl (C=O) groups excluding carboxylic acids is 1. The highest BCUT2D eigenvalue weighted by molar-refractivity contribution is 7.71. The van der Waals surface area contributed by atoms with Crippen LogP contribution in [0, 0.1) is 16.5 Å². The van der Waals surface area contributed by atoms with Gasteiger partial charge in [-0.3, -0.25) is 9.89 Å². The van der Waals surface area contributed by atoms with Gasteiger partial charge in [0.25, 0.3) is 0 Å². The molecule has 8 heteroatoms. The minimum atomic E-state index is -0.314. The number of H-pyrrole nitrogens is 1. The van der Waals surface area contributed by atoms with E-state index in [1.165, 1.54) is 12.1 Å². The Bertz CT molecular complexity index is 859. The van der Waals surface area contributed by atoms with Gasteiger partial charge in [-0.15, -0.1) is 0 Å². The lowest BCUT2D eigenvalue weighted by Gasteiger charge is -2.24. The molecule has 4 rings (SSSR count). The lowest BCUT2D eigenvalue weighted by atomic mass is 9.96. The van der Waals surface area contributed by atoms with Crippen molar-refractivity contribution in [2.24, 2.45) is 5.92 Å². The third-order valence-electron chi connectivity index (χ3n) is 4.66. The number of halogens is 1. The van der Waals surface area contributed by atoms with Crippen molar-refractivity contribution in [1.29, 1.82) is 0 Å². The quantitative estimate of drug-likeness (QED) is 0.801. The fraction of sp³-hybridized carbons (Fsp3) is 0.471. The van der Waals surface area contributed by atoms with Crippen LogP contribution in [-0.4, -0.2) is 33.8 Å². The van der Waals surface area contributed by atoms with Crippen molar-refractivity contribution in [2.75, 3.05) is 13.2 Å². The van der Waals surface area contributed by atoms with E-state index in [0.717, 1.165) is 24.2 Å². The van der Waals surface area contributed by atoms with E-state index in [1.807, 2.05) is 4.57 Å². The maximum absolute atomic E-state index is 13.4. The Labute approximate surface area is 149 Å². The van der Waals surface area contributed by atoms with Gasteiger partial charge >= 0.3 is 0 Å². The third-order valence-corrected chi connectivity index (χ3v) is 4.98. The molecule has 0 saturated heterocycles. The molecule has 2 aromatic rings. The predicted molar refractivity (Wildman–Crippen MR) is 91.5 cm³/mol. The standard InChI is InChI=1S/C17H19FN4O2S/c18-13-3-4-14-11(8-13)7-12(9-24-14)16(23)19-5-6-22-15(10-1-2-10)20-21-17(22)25/h3-4,8,10,12H,1-2,5-7,9H2,(H,19,23)(H,21,25)/t12-/m0/s1. The molecule has 1 atom stereocenters. The molecule has 1 amide bonds. The van der Waals surface area contributed by atoms with E-state index in [2.05, 4.69) is 15.5 Å². The van der Waals surface area contributed by atoms with Gasteiger partial charge in [0, 0.05) is 19.0 Å². The monoisotopic (exact) mass is 362 g/mol. The molecule has 0 spiro atoms. The fourth-order valence-electron chi connectivity index (χ4n) is 3.17. The molecule has 2 N–H and O–H groups in total. The highest BCUT2D eigenvalue weighted by Gasteiger charge is 2.29. The molecule has 1 aromatic carbocycles. The van der Waals surface area contributed by atoms with Gasteiger partial charge in [0.15, 0.2) is 4.77 Å². The molecular formula is C17H19FN4O2S. The molecule has 0 radical (unpaired) electrons. The van der Waals surface area contributed by atoms with Gasteiger partial charge in [0.1, 0.15) is 24.0 Å². The van der Waals surface area contributed by atoms with Crippen molar-refractivity contribution < 1.29 is 13.9 Å². The van der Waals surface area contributed by atoms with E-state index < -0.39 is 0 Å². The number of carbonyl (C=O) groups is 1. The molecule has 6 nitrogen and oxygen atoms in total. The molecule has 1 aliphatic carbocycles. The maximum atomic E-state index is 13.4. The van der Waals surface area contributed by atoms with Crippen molar-refractivity contribution in [3.63, 3.8) is 0 Å². The van der Waals surface area contributed by atoms with Crippen LogP contribution in [0.15, 0.2) is 18.2 Å². The Morgan fingerprint density at radius 2 is 2.32 bits per heavy atom. The molecule has 25 heavy (non-hydrogen) atoms. The van der Waals surface area contributed by atoms with Crippen molar-refractivity contribution >= 4 is 18.1 Å². The number of amides is 1. The zero-order valence-corrected chi connectivity index (χ0v) is 14.4. The minimum Gasteiger partial charge on any atom is -0.492 e. The molecule has 132 valence electrons. The lowest BCUT2D eigenvalue weighted by molar-refractivity contribution is -0.126. The first-order valence-electron chi connectivity index (χ1n) is 8.46. The number of fused-ring (bicyclic) bond motifs is 1. The Balaban J connectivity index is 1.34. The van der Waals surface area contributed by atoms with Crippen LogP contribution in [0.4, 0.5) is 4.39 Å². The van der Waals surface area contributed by atoms with Crippen molar-refractivity contribution in [3.05, 3.63) is 40.2 Å². The normalized spacial score (nSPS) is 19.2. The number of aromatic nitrogens is 3. The fourth-order valence-corrected chi connectivity index (χ4v) is 3.40. The van der Waals surface area contributed by atoms with Crippen LogP contribution in [0.2, 0.25) is 0 Å². The average molecular weight is 362 g/mol. The van der Waals surface area contributed by atoms with E-state index in [1.54, 1.807) is 6.07 Å². The number of benzene rings is 1. The van der Waals surface area contributed by atoms with Crippen molar-refractivity contribution in [1.82, 2.24) is 20.1 Å². The van der Waals surface area contributed by atoms with E-state index in [-0.39, 0.29) is 17.6 Å². The van der Waals surface area contributed by atoms with E-state index >= 15 is 0 Å². The highest BCUT2D eigenvalue weighted by Crippen LogP contribution is 2.38. The van der Waals surface area contributed by atoms with Crippen LogP contribution in [0.5, 0.6) is 5.75 Å². The summed E-state index contributed by atoms with van der Waals surface area (Å²) in [5.74, 6) is 1.41. The van der Waals surface area contributed by atoms with E-state index in [4.69, 9.17) is 17.0 Å². The Morgan fingerprint density at radius 3 is 3.12 bits per heavy atom.